The van der Waals surface area contributed by atoms with Crippen LogP contribution in [-0.4, -0.2) is 24.2 Å². The average Bonchev–Trinajstić information content (AvgIpc) is 3.16. The van der Waals surface area contributed by atoms with Gasteiger partial charge in [0.2, 0.25) is 0 Å². The van der Waals surface area contributed by atoms with E-state index in [-0.39, 0.29) is 12.5 Å². The molecule has 2 aromatic heterocycles. The van der Waals surface area contributed by atoms with Gasteiger partial charge in [-0.3, -0.25) is 4.98 Å². The number of nitrogens with zero attached hydrogens (tertiary/aromatic N) is 1. The minimum absolute atomic E-state index is 0.248. The number of hydrogen-bond acceptors (Lipinski definition) is 5. The maximum Gasteiger partial charge on any atom is 0.421 e. The molecule has 0 bridgehead atoms. The topological polar surface area (TPSA) is 90.4 Å². The Morgan fingerprint density at radius 2 is 1.67 bits per heavy atom. The van der Waals surface area contributed by atoms with Gasteiger partial charge in [-0.15, -0.1) is 0 Å². The van der Waals surface area contributed by atoms with Crippen LogP contribution in [0, 0.1) is 0 Å². The second-order valence-corrected chi connectivity index (χ2v) is 15.4. The maximum absolute atomic E-state index is 11.8. The number of benzene rings is 2. The number of halogens is 2. The number of aromatic amines is 1. The molecule has 0 saturated carbocycles. The Morgan fingerprint density at radius 3 is 2.37 bits per heavy atom. The first-order valence-corrected chi connectivity index (χ1v) is 14.6. The van der Waals surface area contributed by atoms with E-state index in [0.717, 1.165) is 26.0 Å². The minimum atomic E-state index is -1.10. The van der Waals surface area contributed by atoms with Gasteiger partial charge in [-0.1, -0.05) is 51.5 Å². The van der Waals surface area contributed by atoms with Crippen molar-refractivity contribution in [3.8, 4) is 0 Å². The first-order valence-electron chi connectivity index (χ1n) is 9.27. The van der Waals surface area contributed by atoms with E-state index in [1.807, 2.05) is 18.2 Å². The molecule has 7 nitrogen and oxygen atoms in total. The third kappa shape index (κ3) is 6.07. The lowest BCUT2D eigenvalue weighted by Gasteiger charge is -2.15. The number of fused-ring (bicyclic) bond motifs is 2. The molecule has 160 valence electrons. The quantitative estimate of drug-likeness (QED) is 0.256. The SMILES string of the molecule is C[Si](C)(C)CCOCn1c(=O)oc2cc(Br)ccc21.O=c1[nH]c2ccc(Br)cc2o1. The molecule has 2 heterocycles. The maximum atomic E-state index is 11.8. The molecule has 4 aromatic rings. The summed E-state index contributed by atoms with van der Waals surface area (Å²) in [6.45, 7) is 7.83. The van der Waals surface area contributed by atoms with Crippen molar-refractivity contribution in [3.05, 3.63) is 66.4 Å². The lowest BCUT2D eigenvalue weighted by atomic mass is 10.3. The Labute approximate surface area is 190 Å². The third-order valence-electron chi connectivity index (χ3n) is 4.23. The second kappa shape index (κ2) is 9.50. The highest BCUT2D eigenvalue weighted by molar-refractivity contribution is 9.10. The van der Waals surface area contributed by atoms with Crippen LogP contribution >= 0.6 is 31.9 Å². The lowest BCUT2D eigenvalue weighted by molar-refractivity contribution is 0.0850. The number of ether oxygens (including phenoxy) is 1. The molecule has 0 saturated heterocycles. The van der Waals surface area contributed by atoms with Crippen LogP contribution in [0.3, 0.4) is 0 Å². The van der Waals surface area contributed by atoms with Gasteiger partial charge in [-0.25, -0.2) is 14.2 Å². The van der Waals surface area contributed by atoms with Crippen molar-refractivity contribution < 1.29 is 13.6 Å². The number of oxazole rings is 2. The van der Waals surface area contributed by atoms with Crippen LogP contribution in [-0.2, 0) is 11.5 Å². The van der Waals surface area contributed by atoms with E-state index in [0.29, 0.717) is 17.8 Å². The van der Waals surface area contributed by atoms with Gasteiger partial charge in [0.25, 0.3) is 0 Å². The first kappa shape index (κ1) is 22.8. The van der Waals surface area contributed by atoms with Crippen LogP contribution in [0.25, 0.3) is 22.2 Å². The summed E-state index contributed by atoms with van der Waals surface area (Å²) in [5, 5.41) is 0. The summed E-state index contributed by atoms with van der Waals surface area (Å²) >= 11 is 6.62. The van der Waals surface area contributed by atoms with Crippen LogP contribution < -0.4 is 11.5 Å². The highest BCUT2D eigenvalue weighted by Crippen LogP contribution is 2.19. The molecule has 4 rings (SSSR count). The monoisotopic (exact) mass is 556 g/mol. The van der Waals surface area contributed by atoms with Crippen LogP contribution in [0.1, 0.15) is 0 Å². The molecular weight excluding hydrogens is 536 g/mol. The fourth-order valence-electron chi connectivity index (χ4n) is 2.62. The van der Waals surface area contributed by atoms with Gasteiger partial charge in [0.05, 0.1) is 11.0 Å². The highest BCUT2D eigenvalue weighted by Gasteiger charge is 2.13. The number of aromatic nitrogens is 2. The molecule has 1 N–H and O–H groups in total. The second-order valence-electron chi connectivity index (χ2n) is 7.91. The normalized spacial score (nSPS) is 11.6. The van der Waals surface area contributed by atoms with Crippen molar-refractivity contribution in [2.75, 3.05) is 6.61 Å². The molecule has 0 atom stereocenters. The number of nitrogens with one attached hydrogen (secondary N) is 1. The highest BCUT2D eigenvalue weighted by atomic mass is 79.9. The fraction of sp³-hybridized carbons (Fsp3) is 0.300. The summed E-state index contributed by atoms with van der Waals surface area (Å²) in [7, 11) is -1.10. The number of H-pyrrole nitrogens is 1. The smallest absolute Gasteiger partial charge is 0.408 e. The Morgan fingerprint density at radius 1 is 1.00 bits per heavy atom. The molecule has 2 aromatic carbocycles. The third-order valence-corrected chi connectivity index (χ3v) is 6.92. The zero-order chi connectivity index (χ0) is 21.9. The number of rotatable bonds is 5. The van der Waals surface area contributed by atoms with Crippen molar-refractivity contribution in [1.29, 1.82) is 0 Å². The molecule has 10 heteroatoms. The Bertz CT molecular complexity index is 1270. The molecule has 0 unspecified atom stereocenters. The predicted molar refractivity (Wildman–Crippen MR) is 127 cm³/mol. The van der Waals surface area contributed by atoms with Crippen LogP contribution in [0.5, 0.6) is 0 Å². The Kier molecular flexibility index (Phi) is 7.22. The van der Waals surface area contributed by atoms with E-state index in [9.17, 15) is 9.59 Å². The Balaban J connectivity index is 0.000000196. The molecule has 0 spiro atoms. The lowest BCUT2D eigenvalue weighted by Crippen LogP contribution is -2.23. The Hall–Kier alpha value is -1.88. The molecule has 0 aliphatic rings. The van der Waals surface area contributed by atoms with Crippen molar-refractivity contribution in [3.63, 3.8) is 0 Å². The molecule has 0 radical (unpaired) electrons. The predicted octanol–water partition coefficient (Wildman–Crippen LogP) is 5.55. The van der Waals surface area contributed by atoms with Crippen molar-refractivity contribution in [2.45, 2.75) is 32.4 Å². The van der Waals surface area contributed by atoms with Gasteiger partial charge >= 0.3 is 11.5 Å². The summed E-state index contributed by atoms with van der Waals surface area (Å²) in [5.74, 6) is -0.792. The molecular formula is C20H22Br2N2O5Si. The van der Waals surface area contributed by atoms with E-state index >= 15 is 0 Å². The van der Waals surface area contributed by atoms with Crippen LogP contribution in [0.15, 0.2) is 63.8 Å². The van der Waals surface area contributed by atoms with Gasteiger partial charge in [0, 0.05) is 23.6 Å². The largest absolute Gasteiger partial charge is 0.421 e. The van der Waals surface area contributed by atoms with E-state index in [2.05, 4.69) is 56.5 Å². The molecule has 0 aliphatic heterocycles. The van der Waals surface area contributed by atoms with Crippen molar-refractivity contribution >= 4 is 62.1 Å². The van der Waals surface area contributed by atoms with E-state index < -0.39 is 13.8 Å². The molecule has 0 amide bonds. The summed E-state index contributed by atoms with van der Waals surface area (Å²) in [4.78, 5) is 25.0. The molecule has 30 heavy (non-hydrogen) atoms. The van der Waals surface area contributed by atoms with Gasteiger partial charge in [0.15, 0.2) is 11.2 Å². The van der Waals surface area contributed by atoms with Gasteiger partial charge < -0.3 is 13.6 Å². The van der Waals surface area contributed by atoms with Gasteiger partial charge in [-0.05, 0) is 42.4 Å². The standard InChI is InChI=1S/C13H18BrNO3Si.C7H4BrNO2/c1-19(2,3)7-6-17-9-15-11-5-4-10(14)8-12(11)18-13(15)16;8-4-1-2-5-6(3-4)11-7(10)9-5/h4-5,8H,6-7,9H2,1-3H3;1-3H,(H,9,10). The van der Waals surface area contributed by atoms with Gasteiger partial charge in [-0.2, -0.15) is 0 Å². The van der Waals surface area contributed by atoms with E-state index in [1.165, 1.54) is 4.57 Å². The minimum Gasteiger partial charge on any atom is -0.408 e. The fourth-order valence-corrected chi connectivity index (χ4v) is 4.05. The average molecular weight is 558 g/mol. The summed E-state index contributed by atoms with van der Waals surface area (Å²) in [6, 6.07) is 12.0. The zero-order valence-corrected chi connectivity index (χ0v) is 21.0. The van der Waals surface area contributed by atoms with Crippen molar-refractivity contribution in [1.82, 2.24) is 9.55 Å². The van der Waals surface area contributed by atoms with Crippen molar-refractivity contribution in [2.24, 2.45) is 0 Å². The zero-order valence-electron chi connectivity index (χ0n) is 16.8. The summed E-state index contributed by atoms with van der Waals surface area (Å²) < 4.78 is 18.9. The van der Waals surface area contributed by atoms with E-state index in [4.69, 9.17) is 13.6 Å². The summed E-state index contributed by atoms with van der Waals surface area (Å²) in [6.07, 6.45) is 0. The summed E-state index contributed by atoms with van der Waals surface area (Å²) in [5.41, 5.74) is 2.64. The van der Waals surface area contributed by atoms with Crippen LogP contribution in [0.4, 0.5) is 0 Å². The first-order chi connectivity index (χ1) is 14.1. The van der Waals surface area contributed by atoms with Crippen LogP contribution in [0.2, 0.25) is 25.7 Å². The molecule has 0 aliphatic carbocycles. The van der Waals surface area contributed by atoms with Gasteiger partial charge in [0.1, 0.15) is 6.73 Å². The number of hydrogen-bond donors (Lipinski definition) is 1. The molecule has 0 fully saturated rings. The van der Waals surface area contributed by atoms with E-state index in [1.54, 1.807) is 18.2 Å².